The van der Waals surface area contributed by atoms with Crippen molar-refractivity contribution in [2.24, 2.45) is 0 Å². The molecule has 6 heteroatoms. The first kappa shape index (κ1) is 16.9. The van der Waals surface area contributed by atoms with Crippen LogP contribution < -0.4 is 4.74 Å². The zero-order valence-corrected chi connectivity index (χ0v) is 12.9. The van der Waals surface area contributed by atoms with Gasteiger partial charge in [0.15, 0.2) is 11.4 Å². The zero-order chi connectivity index (χ0) is 16.8. The Morgan fingerprint density at radius 1 is 1.22 bits per heavy atom. The Labute approximate surface area is 133 Å². The molecule has 0 saturated heterocycles. The summed E-state index contributed by atoms with van der Waals surface area (Å²) < 4.78 is 29.6. The second kappa shape index (κ2) is 7.67. The van der Waals surface area contributed by atoms with E-state index >= 15 is 0 Å². The number of hydrogen-bond acceptors (Lipinski definition) is 3. The van der Waals surface area contributed by atoms with Gasteiger partial charge in [-0.2, -0.15) is 0 Å². The molecule has 0 radical (unpaired) electrons. The van der Waals surface area contributed by atoms with Crippen molar-refractivity contribution in [2.75, 3.05) is 13.7 Å². The number of carbonyl (C=O) groups excluding carboxylic acids is 1. The van der Waals surface area contributed by atoms with Crippen LogP contribution in [0.15, 0.2) is 48.7 Å². The smallest absolute Gasteiger partial charge is 0.276 e. The van der Waals surface area contributed by atoms with Crippen molar-refractivity contribution in [2.45, 2.75) is 19.4 Å². The summed E-state index contributed by atoms with van der Waals surface area (Å²) in [6.45, 7) is 1.11. The molecule has 122 valence electrons. The van der Waals surface area contributed by atoms with Gasteiger partial charge in [0.2, 0.25) is 0 Å². The summed E-state index contributed by atoms with van der Waals surface area (Å²) in [6.07, 6.45) is -1.18. The summed E-state index contributed by atoms with van der Waals surface area (Å²) in [5.74, 6) is -0.323. The van der Waals surface area contributed by atoms with Gasteiger partial charge < -0.3 is 9.64 Å². The number of benzene rings is 1. The van der Waals surface area contributed by atoms with Crippen LogP contribution in [0.3, 0.4) is 0 Å². The highest BCUT2D eigenvalue weighted by molar-refractivity contribution is 5.95. The number of amides is 1. The topological polar surface area (TPSA) is 42.4 Å². The van der Waals surface area contributed by atoms with Crippen molar-refractivity contribution in [3.63, 3.8) is 0 Å². The first-order valence-corrected chi connectivity index (χ1v) is 7.18. The van der Waals surface area contributed by atoms with Gasteiger partial charge in [-0.15, -0.1) is 0 Å². The van der Waals surface area contributed by atoms with Crippen LogP contribution in [0.25, 0.3) is 0 Å². The van der Waals surface area contributed by atoms with Crippen LogP contribution >= 0.6 is 0 Å². The van der Waals surface area contributed by atoms with Crippen molar-refractivity contribution < 1.29 is 18.3 Å². The minimum absolute atomic E-state index is 0.0263. The molecule has 1 amide bonds. The molecule has 1 atom stereocenters. The third-order valence-corrected chi connectivity index (χ3v) is 3.52. The van der Waals surface area contributed by atoms with E-state index in [1.54, 1.807) is 7.05 Å². The molecule has 0 bridgehead atoms. The lowest BCUT2D eigenvalue weighted by atomic mass is 10.1. The lowest BCUT2D eigenvalue weighted by Gasteiger charge is -2.25. The van der Waals surface area contributed by atoms with Gasteiger partial charge in [0.25, 0.3) is 12.3 Å². The zero-order valence-electron chi connectivity index (χ0n) is 12.9. The molecule has 0 aliphatic rings. The van der Waals surface area contributed by atoms with Gasteiger partial charge in [0.1, 0.15) is 6.61 Å². The van der Waals surface area contributed by atoms with E-state index in [9.17, 15) is 13.6 Å². The summed E-state index contributed by atoms with van der Waals surface area (Å²) in [5, 5.41) is 0. The van der Waals surface area contributed by atoms with Crippen LogP contribution in [0.5, 0.6) is 5.75 Å². The van der Waals surface area contributed by atoms with Crippen molar-refractivity contribution in [3.8, 4) is 5.75 Å². The molecule has 0 spiro atoms. The average molecular weight is 320 g/mol. The molecule has 0 unspecified atom stereocenters. The average Bonchev–Trinajstić information content (AvgIpc) is 2.59. The lowest BCUT2D eigenvalue weighted by molar-refractivity contribution is 0.0695. The Balaban J connectivity index is 2.19. The van der Waals surface area contributed by atoms with Crippen LogP contribution in [-0.2, 0) is 0 Å². The van der Waals surface area contributed by atoms with E-state index in [4.69, 9.17) is 4.74 Å². The molecule has 0 aliphatic carbocycles. The van der Waals surface area contributed by atoms with Gasteiger partial charge in [0.05, 0.1) is 6.04 Å². The molecule has 2 rings (SSSR count). The molecule has 0 N–H and O–H groups in total. The number of pyridine rings is 1. The third kappa shape index (κ3) is 4.25. The number of halogens is 2. The van der Waals surface area contributed by atoms with Gasteiger partial charge in [-0.05, 0) is 24.6 Å². The predicted octanol–water partition coefficient (Wildman–Crippen LogP) is 3.56. The minimum atomic E-state index is -2.61. The van der Waals surface area contributed by atoms with Crippen LogP contribution in [0.4, 0.5) is 8.78 Å². The van der Waals surface area contributed by atoms with Crippen LogP contribution in [-0.4, -0.2) is 35.9 Å². The van der Waals surface area contributed by atoms with E-state index in [1.807, 2.05) is 37.3 Å². The Morgan fingerprint density at radius 3 is 2.57 bits per heavy atom. The third-order valence-electron chi connectivity index (χ3n) is 3.52. The van der Waals surface area contributed by atoms with Gasteiger partial charge in [-0.25, -0.2) is 13.8 Å². The fraction of sp³-hybridized carbons (Fsp3) is 0.294. The number of ether oxygens (including phenoxy) is 1. The maximum absolute atomic E-state index is 12.6. The fourth-order valence-corrected chi connectivity index (χ4v) is 2.12. The monoisotopic (exact) mass is 320 g/mol. The first-order chi connectivity index (χ1) is 11.0. The highest BCUT2D eigenvalue weighted by Crippen LogP contribution is 2.23. The summed E-state index contributed by atoms with van der Waals surface area (Å²) >= 11 is 0. The first-order valence-electron chi connectivity index (χ1n) is 7.18. The molecule has 4 nitrogen and oxygen atoms in total. The summed E-state index contributed by atoms with van der Waals surface area (Å²) in [4.78, 5) is 18.1. The summed E-state index contributed by atoms with van der Waals surface area (Å²) in [5.41, 5.74) is 0.993. The SMILES string of the molecule is C[C@@H](c1ccccc1)N(C)C(=O)c1ncccc1OCC(F)F. The molecule has 1 heterocycles. The molecule has 1 aromatic carbocycles. The maximum atomic E-state index is 12.6. The van der Waals surface area contributed by atoms with Crippen molar-refractivity contribution >= 4 is 5.91 Å². The number of nitrogens with zero attached hydrogens (tertiary/aromatic N) is 2. The van der Waals surface area contributed by atoms with Gasteiger partial charge in [-0.1, -0.05) is 30.3 Å². The number of carbonyl (C=O) groups is 1. The Bertz CT molecular complexity index is 650. The standard InChI is InChI=1S/C17H18F2N2O2/c1-12(13-7-4-3-5-8-13)21(2)17(22)16-14(9-6-10-20-16)23-11-15(18)19/h3-10,12,15H,11H2,1-2H3/t12-/m0/s1. The molecule has 0 aliphatic heterocycles. The highest BCUT2D eigenvalue weighted by Gasteiger charge is 2.23. The lowest BCUT2D eigenvalue weighted by Crippen LogP contribution is -2.30. The molecule has 1 aromatic heterocycles. The van der Waals surface area contributed by atoms with Crippen LogP contribution in [0.2, 0.25) is 0 Å². The van der Waals surface area contributed by atoms with Crippen molar-refractivity contribution in [3.05, 3.63) is 59.9 Å². The van der Waals surface area contributed by atoms with Gasteiger partial charge in [0, 0.05) is 13.2 Å². The van der Waals surface area contributed by atoms with E-state index in [0.29, 0.717) is 0 Å². The van der Waals surface area contributed by atoms with E-state index in [-0.39, 0.29) is 23.4 Å². The quantitative estimate of drug-likeness (QED) is 0.817. The Kier molecular flexibility index (Phi) is 5.62. The highest BCUT2D eigenvalue weighted by atomic mass is 19.3. The van der Waals surface area contributed by atoms with Gasteiger partial charge >= 0.3 is 0 Å². The molecular weight excluding hydrogens is 302 g/mol. The Hall–Kier alpha value is -2.50. The summed E-state index contributed by atoms with van der Waals surface area (Å²) in [7, 11) is 1.64. The molecular formula is C17H18F2N2O2. The van der Waals surface area contributed by atoms with Crippen LogP contribution in [0, 0.1) is 0 Å². The van der Waals surface area contributed by atoms with Gasteiger partial charge in [-0.3, -0.25) is 4.79 Å². The minimum Gasteiger partial charge on any atom is -0.485 e. The molecule has 2 aromatic rings. The normalized spacial score (nSPS) is 12.0. The molecule has 0 fully saturated rings. The predicted molar refractivity (Wildman–Crippen MR) is 82.7 cm³/mol. The van der Waals surface area contributed by atoms with E-state index in [0.717, 1.165) is 5.56 Å². The fourth-order valence-electron chi connectivity index (χ4n) is 2.12. The van der Waals surface area contributed by atoms with E-state index < -0.39 is 13.0 Å². The second-order valence-corrected chi connectivity index (χ2v) is 5.05. The largest absolute Gasteiger partial charge is 0.485 e. The number of alkyl halides is 2. The second-order valence-electron chi connectivity index (χ2n) is 5.05. The van der Waals surface area contributed by atoms with Crippen molar-refractivity contribution in [1.29, 1.82) is 0 Å². The maximum Gasteiger partial charge on any atom is 0.276 e. The molecule has 0 saturated carbocycles. The van der Waals surface area contributed by atoms with E-state index in [2.05, 4.69) is 4.98 Å². The van der Waals surface area contributed by atoms with Crippen LogP contribution in [0.1, 0.15) is 29.0 Å². The van der Waals surface area contributed by atoms with E-state index in [1.165, 1.54) is 23.2 Å². The summed E-state index contributed by atoms with van der Waals surface area (Å²) in [6, 6.07) is 12.3. The number of aromatic nitrogens is 1. The van der Waals surface area contributed by atoms with Crippen molar-refractivity contribution in [1.82, 2.24) is 9.88 Å². The number of hydrogen-bond donors (Lipinski definition) is 0. The Morgan fingerprint density at radius 2 is 1.91 bits per heavy atom. The number of rotatable bonds is 6. The molecule has 23 heavy (non-hydrogen) atoms.